The molecule has 0 aliphatic carbocycles. The lowest BCUT2D eigenvalue weighted by Crippen LogP contribution is -2.03. The highest BCUT2D eigenvalue weighted by Gasteiger charge is 2.24. The van der Waals surface area contributed by atoms with Crippen LogP contribution in [0, 0.1) is 0 Å². The molecule has 0 amide bonds. The molecule has 1 nitrogen and oxygen atoms in total. The van der Waals surface area contributed by atoms with E-state index in [1.807, 2.05) is 0 Å². The highest BCUT2D eigenvalue weighted by Crippen LogP contribution is 2.19. The molecule has 4 heteroatoms. The van der Waals surface area contributed by atoms with Crippen LogP contribution in [0.4, 0.5) is 13.2 Å². The maximum absolute atomic E-state index is 11.2. The van der Waals surface area contributed by atoms with Gasteiger partial charge in [0.25, 0.3) is 0 Å². The molecule has 0 spiro atoms. The highest BCUT2D eigenvalue weighted by molar-refractivity contribution is 5.64. The predicted molar refractivity (Wildman–Crippen MR) is 25.9 cm³/mol. The van der Waals surface area contributed by atoms with E-state index in [9.17, 15) is 18.0 Å². The average Bonchev–Trinajstić information content (AvgIpc) is 1.63. The molecule has 0 atom stereocenters. The van der Waals surface area contributed by atoms with E-state index in [0.717, 1.165) is 12.2 Å². The summed E-state index contributed by atoms with van der Waals surface area (Å²) in [5.41, 5.74) is 0. The van der Waals surface area contributed by atoms with E-state index >= 15 is 0 Å². The first-order valence-corrected chi connectivity index (χ1v) is 2.23. The van der Waals surface area contributed by atoms with Gasteiger partial charge in [-0.1, -0.05) is 6.08 Å². The Labute approximate surface area is 50.2 Å². The Bertz CT molecular complexity index is 114. The van der Waals surface area contributed by atoms with Crippen molar-refractivity contribution in [1.29, 1.82) is 0 Å². The van der Waals surface area contributed by atoms with E-state index in [4.69, 9.17) is 0 Å². The summed E-state index contributed by atoms with van der Waals surface area (Å²) in [4.78, 5) is 9.44. The van der Waals surface area contributed by atoms with Gasteiger partial charge in [-0.25, -0.2) is 0 Å². The third-order valence-corrected chi connectivity index (χ3v) is 0.564. The van der Waals surface area contributed by atoms with Gasteiger partial charge in [0, 0.05) is 0 Å². The summed E-state index contributed by atoms with van der Waals surface area (Å²) in [6.07, 6.45) is -3.32. The van der Waals surface area contributed by atoms with Crippen molar-refractivity contribution in [1.82, 2.24) is 0 Å². The largest absolute Gasteiger partial charge is 0.392 e. The lowest BCUT2D eigenvalue weighted by molar-refractivity contribution is -0.125. The van der Waals surface area contributed by atoms with Gasteiger partial charge in [0.1, 0.15) is 6.29 Å². The molecule has 0 bridgehead atoms. The van der Waals surface area contributed by atoms with E-state index in [1.165, 1.54) is 0 Å². The minimum absolute atomic E-state index is 0.311. The SMILES string of the molecule is O=C/C=C/CC(F)(F)F. The summed E-state index contributed by atoms with van der Waals surface area (Å²) in [7, 11) is 0. The summed E-state index contributed by atoms with van der Waals surface area (Å²) < 4.78 is 33.6. The summed E-state index contributed by atoms with van der Waals surface area (Å²) in [6.45, 7) is 0. The standard InChI is InChI=1S/C5H5F3O/c6-5(7,8)3-1-2-4-9/h1-2,4H,3H2/b2-1+. The Morgan fingerprint density at radius 2 is 1.89 bits per heavy atom. The van der Waals surface area contributed by atoms with Crippen LogP contribution in [0.1, 0.15) is 6.42 Å². The fourth-order valence-corrected chi connectivity index (χ4v) is 0.257. The summed E-state index contributed by atoms with van der Waals surface area (Å²) in [5.74, 6) is 0. The van der Waals surface area contributed by atoms with Gasteiger partial charge in [0.05, 0.1) is 6.42 Å². The van der Waals surface area contributed by atoms with Crippen LogP contribution in [-0.4, -0.2) is 12.5 Å². The molecule has 9 heavy (non-hydrogen) atoms. The van der Waals surface area contributed by atoms with E-state index in [2.05, 4.69) is 0 Å². The monoisotopic (exact) mass is 138 g/mol. The van der Waals surface area contributed by atoms with Gasteiger partial charge in [-0.3, -0.25) is 4.79 Å². The van der Waals surface area contributed by atoms with Crippen molar-refractivity contribution in [3.05, 3.63) is 12.2 Å². The zero-order chi connectivity index (χ0) is 7.33. The van der Waals surface area contributed by atoms with Crippen molar-refractivity contribution in [3.63, 3.8) is 0 Å². The number of aldehydes is 1. The number of halogens is 3. The quantitative estimate of drug-likeness (QED) is 0.419. The van der Waals surface area contributed by atoms with Crippen LogP contribution in [0.15, 0.2) is 12.2 Å². The van der Waals surface area contributed by atoms with Crippen LogP contribution in [0.2, 0.25) is 0 Å². The molecular weight excluding hydrogens is 133 g/mol. The van der Waals surface area contributed by atoms with E-state index in [0.29, 0.717) is 6.29 Å². The Kier molecular flexibility index (Phi) is 2.98. The van der Waals surface area contributed by atoms with Gasteiger partial charge in [-0.05, 0) is 6.08 Å². The van der Waals surface area contributed by atoms with Crippen LogP contribution in [0.3, 0.4) is 0 Å². The smallest absolute Gasteiger partial charge is 0.299 e. The van der Waals surface area contributed by atoms with Crippen molar-refractivity contribution >= 4 is 6.29 Å². The third kappa shape index (κ3) is 7.20. The molecule has 0 aliphatic rings. The number of rotatable bonds is 2. The van der Waals surface area contributed by atoms with Crippen molar-refractivity contribution in [2.24, 2.45) is 0 Å². The zero-order valence-corrected chi connectivity index (χ0v) is 4.48. The van der Waals surface area contributed by atoms with Gasteiger partial charge in [-0.2, -0.15) is 13.2 Å². The normalized spacial score (nSPS) is 12.3. The number of carbonyl (C=O) groups is 1. The molecule has 0 N–H and O–H groups in total. The lowest BCUT2D eigenvalue weighted by Gasteiger charge is -1.98. The molecular formula is C5H5F3O. The second-order valence-corrected chi connectivity index (χ2v) is 1.38. The molecule has 0 saturated carbocycles. The predicted octanol–water partition coefficient (Wildman–Crippen LogP) is 1.69. The van der Waals surface area contributed by atoms with Gasteiger partial charge < -0.3 is 0 Å². The van der Waals surface area contributed by atoms with E-state index < -0.39 is 12.6 Å². The maximum atomic E-state index is 11.2. The van der Waals surface area contributed by atoms with Crippen molar-refractivity contribution in [3.8, 4) is 0 Å². The second kappa shape index (κ2) is 3.27. The fourth-order valence-electron chi connectivity index (χ4n) is 0.257. The fraction of sp³-hybridized carbons (Fsp3) is 0.400. The van der Waals surface area contributed by atoms with Gasteiger partial charge in [0.15, 0.2) is 0 Å². The molecule has 0 unspecified atom stereocenters. The Hall–Kier alpha value is -0.800. The van der Waals surface area contributed by atoms with E-state index in [1.54, 1.807) is 0 Å². The summed E-state index contributed by atoms with van der Waals surface area (Å²) >= 11 is 0. The third-order valence-electron chi connectivity index (χ3n) is 0.564. The van der Waals surface area contributed by atoms with Gasteiger partial charge >= 0.3 is 6.18 Å². The van der Waals surface area contributed by atoms with Gasteiger partial charge in [0.2, 0.25) is 0 Å². The molecule has 0 aromatic heterocycles. The molecule has 0 radical (unpaired) electrons. The topological polar surface area (TPSA) is 17.1 Å². The molecule has 0 saturated heterocycles. The highest BCUT2D eigenvalue weighted by atomic mass is 19.4. The first-order valence-electron chi connectivity index (χ1n) is 2.23. The minimum Gasteiger partial charge on any atom is -0.299 e. The molecule has 0 aliphatic heterocycles. The first-order chi connectivity index (χ1) is 4.06. The van der Waals surface area contributed by atoms with Crippen LogP contribution >= 0.6 is 0 Å². The first kappa shape index (κ1) is 8.20. The Balaban J connectivity index is 3.50. The summed E-state index contributed by atoms with van der Waals surface area (Å²) in [5, 5.41) is 0. The van der Waals surface area contributed by atoms with E-state index in [-0.39, 0.29) is 0 Å². The Morgan fingerprint density at radius 3 is 2.22 bits per heavy atom. The zero-order valence-electron chi connectivity index (χ0n) is 4.48. The second-order valence-electron chi connectivity index (χ2n) is 1.38. The maximum Gasteiger partial charge on any atom is 0.392 e. The number of alkyl halides is 3. The Morgan fingerprint density at radius 1 is 1.33 bits per heavy atom. The number of allylic oxidation sites excluding steroid dienone is 2. The average molecular weight is 138 g/mol. The number of carbonyl (C=O) groups excluding carboxylic acids is 1. The lowest BCUT2D eigenvalue weighted by atomic mass is 10.4. The minimum atomic E-state index is -4.19. The van der Waals surface area contributed by atoms with Crippen LogP contribution < -0.4 is 0 Å². The van der Waals surface area contributed by atoms with Crippen molar-refractivity contribution < 1.29 is 18.0 Å². The number of hydrogen-bond acceptors (Lipinski definition) is 1. The molecule has 52 valence electrons. The van der Waals surface area contributed by atoms with Gasteiger partial charge in [-0.15, -0.1) is 0 Å². The number of hydrogen-bond donors (Lipinski definition) is 0. The van der Waals surface area contributed by atoms with Crippen LogP contribution in [-0.2, 0) is 4.79 Å². The van der Waals surface area contributed by atoms with Crippen LogP contribution in [0.25, 0.3) is 0 Å². The molecule has 0 aromatic rings. The van der Waals surface area contributed by atoms with Crippen LogP contribution in [0.5, 0.6) is 0 Å². The molecule has 0 heterocycles. The van der Waals surface area contributed by atoms with Crippen molar-refractivity contribution in [2.75, 3.05) is 0 Å². The molecule has 0 rings (SSSR count). The van der Waals surface area contributed by atoms with Crippen molar-refractivity contribution in [2.45, 2.75) is 12.6 Å². The molecule has 0 aromatic carbocycles. The molecule has 0 fully saturated rings. The summed E-state index contributed by atoms with van der Waals surface area (Å²) in [6, 6.07) is 0.